The summed E-state index contributed by atoms with van der Waals surface area (Å²) in [5.74, 6) is 0. The van der Waals surface area contributed by atoms with E-state index in [4.69, 9.17) is 0 Å². The molecule has 0 fully saturated rings. The first kappa shape index (κ1) is 17.4. The average Bonchev–Trinajstić information content (AvgIpc) is 2.93. The zero-order valence-electron chi connectivity index (χ0n) is 14.4. The normalized spacial score (nSPS) is 11.0. The monoisotopic (exact) mass is 357 g/mol. The molecule has 126 valence electrons. The third kappa shape index (κ3) is 3.21. The third-order valence-electron chi connectivity index (χ3n) is 3.96. The van der Waals surface area contributed by atoms with E-state index in [1.165, 1.54) is 4.57 Å². The van der Waals surface area contributed by atoms with Crippen molar-refractivity contribution in [1.82, 2.24) is 4.57 Å². The van der Waals surface area contributed by atoms with Crippen LogP contribution >= 0.6 is 11.3 Å². The highest BCUT2D eigenvalue weighted by Gasteiger charge is 2.12. The van der Waals surface area contributed by atoms with E-state index in [9.17, 15) is 15.3 Å². The first-order valence-electron chi connectivity index (χ1n) is 7.96. The van der Waals surface area contributed by atoms with Gasteiger partial charge in [-0.2, -0.15) is 10.5 Å². The van der Waals surface area contributed by atoms with Crippen LogP contribution in [0, 0.1) is 36.5 Å². The van der Waals surface area contributed by atoms with Crippen molar-refractivity contribution in [2.45, 2.75) is 13.8 Å². The molecule has 0 spiro atoms. The number of rotatable bonds is 2. The van der Waals surface area contributed by atoms with E-state index in [1.54, 1.807) is 6.08 Å². The quantitative estimate of drug-likeness (QED) is 0.708. The van der Waals surface area contributed by atoms with Crippen LogP contribution in [-0.4, -0.2) is 4.57 Å². The van der Waals surface area contributed by atoms with E-state index in [2.05, 4.69) is 0 Å². The van der Waals surface area contributed by atoms with E-state index in [1.807, 2.05) is 74.5 Å². The molecule has 0 saturated heterocycles. The van der Waals surface area contributed by atoms with Crippen LogP contribution in [0.4, 0.5) is 0 Å². The van der Waals surface area contributed by atoms with Gasteiger partial charge in [0.05, 0.1) is 10.2 Å². The summed E-state index contributed by atoms with van der Waals surface area (Å²) in [6, 6.07) is 19.0. The Kier molecular flexibility index (Phi) is 4.84. The third-order valence-corrected chi connectivity index (χ3v) is 5.05. The lowest BCUT2D eigenvalue weighted by Crippen LogP contribution is -2.31. The Morgan fingerprint density at radius 2 is 1.81 bits per heavy atom. The van der Waals surface area contributed by atoms with Crippen LogP contribution in [-0.2, 0) is 0 Å². The second-order valence-electron chi connectivity index (χ2n) is 5.86. The molecule has 2 aromatic carbocycles. The van der Waals surface area contributed by atoms with Gasteiger partial charge in [0.25, 0.3) is 5.56 Å². The molecule has 0 amide bonds. The Bertz CT molecular complexity index is 1230. The lowest BCUT2D eigenvalue weighted by molar-refractivity contribution is 0.975. The number of hydrogen-bond acceptors (Lipinski definition) is 4. The van der Waals surface area contributed by atoms with Crippen LogP contribution in [0.1, 0.15) is 16.7 Å². The summed E-state index contributed by atoms with van der Waals surface area (Å²) in [6.45, 7) is 3.88. The maximum Gasteiger partial charge on any atom is 0.273 e. The van der Waals surface area contributed by atoms with Crippen molar-refractivity contribution in [3.63, 3.8) is 0 Å². The Labute approximate surface area is 154 Å². The number of aromatic nitrogens is 1. The Morgan fingerprint density at radius 1 is 1.08 bits per heavy atom. The SMILES string of the molecule is Cc1cccc(/C=c2\sc(=C(C#N)C#N)n(-c3ccccc3C)c2=O)c1. The zero-order valence-corrected chi connectivity index (χ0v) is 15.2. The number of benzene rings is 2. The van der Waals surface area contributed by atoms with E-state index < -0.39 is 0 Å². The molecule has 1 heterocycles. The van der Waals surface area contributed by atoms with Crippen molar-refractivity contribution < 1.29 is 0 Å². The van der Waals surface area contributed by atoms with Gasteiger partial charge in [-0.25, -0.2) is 0 Å². The predicted octanol–water partition coefficient (Wildman–Crippen LogP) is 2.54. The molecule has 0 aliphatic carbocycles. The van der Waals surface area contributed by atoms with Gasteiger partial charge in [0.15, 0.2) is 5.57 Å². The van der Waals surface area contributed by atoms with Crippen LogP contribution in [0.2, 0.25) is 0 Å². The van der Waals surface area contributed by atoms with Gasteiger partial charge in [0.1, 0.15) is 16.8 Å². The minimum Gasteiger partial charge on any atom is -0.267 e. The van der Waals surface area contributed by atoms with Gasteiger partial charge in [-0.05, 0) is 37.1 Å². The number of nitriles is 2. The summed E-state index contributed by atoms with van der Waals surface area (Å²) in [6.07, 6.45) is 1.80. The minimum absolute atomic E-state index is 0.0701. The number of hydrogen-bond donors (Lipinski definition) is 0. The van der Waals surface area contributed by atoms with Gasteiger partial charge in [0.2, 0.25) is 0 Å². The standard InChI is InChI=1S/C21H15N3OS/c1-14-6-5-8-16(10-14)11-19-20(25)24(18-9-4-3-7-15(18)2)21(26-19)17(12-22)13-23/h3-11H,1-2H3/b19-11-. The van der Waals surface area contributed by atoms with Crippen LogP contribution < -0.4 is 14.8 Å². The lowest BCUT2D eigenvalue weighted by atomic mass is 10.1. The molecule has 0 unspecified atom stereocenters. The maximum absolute atomic E-state index is 13.1. The smallest absolute Gasteiger partial charge is 0.267 e. The Balaban J connectivity index is 2.43. The van der Waals surface area contributed by atoms with Gasteiger partial charge in [-0.1, -0.05) is 48.0 Å². The maximum atomic E-state index is 13.1. The molecule has 0 saturated carbocycles. The molecule has 3 aromatic rings. The van der Waals surface area contributed by atoms with Crippen molar-refractivity contribution in [1.29, 1.82) is 10.5 Å². The molecule has 0 atom stereocenters. The molecule has 3 rings (SSSR count). The molecular formula is C21H15N3OS. The molecule has 1 aromatic heterocycles. The fourth-order valence-corrected chi connectivity index (χ4v) is 3.76. The number of nitrogens with zero attached hydrogens (tertiary/aromatic N) is 3. The summed E-state index contributed by atoms with van der Waals surface area (Å²) < 4.78 is 2.30. The van der Waals surface area contributed by atoms with Crippen molar-refractivity contribution in [2.24, 2.45) is 0 Å². The fourth-order valence-electron chi connectivity index (χ4n) is 2.71. The van der Waals surface area contributed by atoms with Crippen LogP contribution in [0.25, 0.3) is 17.3 Å². The molecule has 5 heteroatoms. The highest BCUT2D eigenvalue weighted by atomic mass is 32.1. The Morgan fingerprint density at radius 3 is 2.46 bits per heavy atom. The van der Waals surface area contributed by atoms with Crippen molar-refractivity contribution >= 4 is 23.0 Å². The van der Waals surface area contributed by atoms with E-state index in [-0.39, 0.29) is 11.1 Å². The topological polar surface area (TPSA) is 69.6 Å². The van der Waals surface area contributed by atoms with Crippen molar-refractivity contribution in [2.75, 3.05) is 0 Å². The molecule has 26 heavy (non-hydrogen) atoms. The van der Waals surface area contributed by atoms with Crippen molar-refractivity contribution in [3.05, 3.63) is 84.8 Å². The highest BCUT2D eigenvalue weighted by molar-refractivity contribution is 7.07. The molecule has 0 radical (unpaired) electrons. The van der Waals surface area contributed by atoms with E-state index >= 15 is 0 Å². The zero-order chi connectivity index (χ0) is 18.7. The molecule has 0 aliphatic rings. The van der Waals surface area contributed by atoms with Gasteiger partial charge in [-0.3, -0.25) is 9.36 Å². The number of thiazole rings is 1. The predicted molar refractivity (Wildman–Crippen MR) is 103 cm³/mol. The number of aryl methyl sites for hydroxylation is 2. The average molecular weight is 357 g/mol. The molecule has 0 N–H and O–H groups in total. The van der Waals surface area contributed by atoms with Gasteiger partial charge < -0.3 is 0 Å². The van der Waals surface area contributed by atoms with E-state index in [0.717, 1.165) is 28.0 Å². The van der Waals surface area contributed by atoms with Crippen LogP contribution in [0.3, 0.4) is 0 Å². The largest absolute Gasteiger partial charge is 0.273 e. The Hall–Kier alpha value is -3.41. The second-order valence-corrected chi connectivity index (χ2v) is 6.89. The van der Waals surface area contributed by atoms with Gasteiger partial charge in [0, 0.05) is 0 Å². The molecule has 0 aliphatic heterocycles. The fraction of sp³-hybridized carbons (Fsp3) is 0.0952. The van der Waals surface area contributed by atoms with Crippen LogP contribution in [0.5, 0.6) is 0 Å². The summed E-state index contributed by atoms with van der Waals surface area (Å²) >= 11 is 1.16. The molecule has 4 nitrogen and oxygen atoms in total. The summed E-state index contributed by atoms with van der Waals surface area (Å²) in [5.41, 5.74) is 3.27. The van der Waals surface area contributed by atoms with Gasteiger partial charge in [-0.15, -0.1) is 11.3 Å². The van der Waals surface area contributed by atoms with Crippen molar-refractivity contribution in [3.8, 4) is 17.8 Å². The van der Waals surface area contributed by atoms with Gasteiger partial charge >= 0.3 is 0 Å². The lowest BCUT2D eigenvalue weighted by Gasteiger charge is -2.05. The van der Waals surface area contributed by atoms with Crippen LogP contribution in [0.15, 0.2) is 53.3 Å². The summed E-state index contributed by atoms with van der Waals surface area (Å²) in [5, 5.41) is 18.6. The minimum atomic E-state index is -0.233. The highest BCUT2D eigenvalue weighted by Crippen LogP contribution is 2.10. The second kappa shape index (κ2) is 7.23. The molecule has 0 bridgehead atoms. The summed E-state index contributed by atoms with van der Waals surface area (Å²) in [7, 11) is 0. The first-order valence-corrected chi connectivity index (χ1v) is 8.77. The summed E-state index contributed by atoms with van der Waals surface area (Å²) in [4.78, 5) is 13.1. The number of para-hydroxylation sites is 1. The first-order chi connectivity index (χ1) is 12.5. The molecular weight excluding hydrogens is 342 g/mol. The van der Waals surface area contributed by atoms with E-state index in [0.29, 0.717) is 14.9 Å².